The van der Waals surface area contributed by atoms with E-state index in [1.165, 1.54) is 18.2 Å². The lowest BCUT2D eigenvalue weighted by Gasteiger charge is -2.73. The molecule has 11 atom stereocenters. The molecule has 5 fully saturated rings. The van der Waals surface area contributed by atoms with Gasteiger partial charge in [0.2, 0.25) is 0 Å². The fraction of sp³-hybridized carbons (Fsp3) is 0.750. The molecule has 7 rings (SSSR count). The number of carboxylic acids is 1. The first-order valence-corrected chi connectivity index (χ1v) is 18.0. The molecule has 1 aromatic rings. The van der Waals surface area contributed by atoms with E-state index < -0.39 is 17.2 Å². The van der Waals surface area contributed by atoms with E-state index >= 15 is 0 Å². The molecular formula is C40H56O6. The molecule has 0 amide bonds. The van der Waals surface area contributed by atoms with Gasteiger partial charge in [0.05, 0.1) is 30.3 Å². The Labute approximate surface area is 276 Å². The summed E-state index contributed by atoms with van der Waals surface area (Å²) in [5, 5.41) is 10.9. The van der Waals surface area contributed by atoms with Gasteiger partial charge in [0.25, 0.3) is 0 Å². The highest BCUT2D eigenvalue weighted by atomic mass is 16.7. The van der Waals surface area contributed by atoms with E-state index in [1.54, 1.807) is 0 Å². The first-order chi connectivity index (χ1) is 21.5. The van der Waals surface area contributed by atoms with Crippen LogP contribution in [0.5, 0.6) is 0 Å². The average Bonchev–Trinajstić information content (AvgIpc) is 3.35. The highest BCUT2D eigenvalue weighted by Crippen LogP contribution is 2.79. The number of rotatable bonds is 4. The van der Waals surface area contributed by atoms with Crippen LogP contribution >= 0.6 is 0 Å². The Balaban J connectivity index is 1.35. The molecule has 1 heterocycles. The van der Waals surface area contributed by atoms with Crippen LogP contribution in [0.1, 0.15) is 123 Å². The Bertz CT molecular complexity index is 1460. The summed E-state index contributed by atoms with van der Waals surface area (Å²) >= 11 is 0. The summed E-state index contributed by atoms with van der Waals surface area (Å²) in [5.74, 6) is 0.0121. The lowest BCUT2D eigenvalue weighted by molar-refractivity contribution is -0.276. The second kappa shape index (κ2) is 10.2. The van der Waals surface area contributed by atoms with Crippen molar-refractivity contribution < 1.29 is 28.9 Å². The zero-order valence-corrected chi connectivity index (χ0v) is 29.6. The highest BCUT2D eigenvalue weighted by Gasteiger charge is 2.78. The fourth-order valence-electron chi connectivity index (χ4n) is 13.6. The van der Waals surface area contributed by atoms with E-state index in [9.17, 15) is 14.7 Å². The van der Waals surface area contributed by atoms with E-state index in [2.05, 4.69) is 73.6 Å². The molecule has 0 unspecified atom stereocenters. The van der Waals surface area contributed by atoms with Crippen LogP contribution in [-0.2, 0) is 19.0 Å². The van der Waals surface area contributed by atoms with E-state index in [0.717, 1.165) is 44.9 Å². The number of hydrogen-bond donors (Lipinski definition) is 1. The summed E-state index contributed by atoms with van der Waals surface area (Å²) in [6, 6.07) is 7.92. The van der Waals surface area contributed by atoms with Crippen LogP contribution in [0, 0.1) is 56.7 Å². The Hall–Kier alpha value is -2.18. The molecule has 0 radical (unpaired) electrons. The van der Waals surface area contributed by atoms with Gasteiger partial charge in [-0.1, -0.05) is 66.2 Å². The molecule has 0 bridgehead atoms. The Morgan fingerprint density at radius 2 is 1.59 bits per heavy atom. The smallest absolute Gasteiger partial charge is 0.337 e. The number of methoxy groups -OCH3 is 1. The number of allylic oxidation sites excluding steroid dienone is 2. The van der Waals surface area contributed by atoms with Gasteiger partial charge < -0.3 is 19.3 Å². The van der Waals surface area contributed by atoms with Crippen LogP contribution < -0.4 is 0 Å². The SMILES string of the molecule is CC[C@@H]1CC[C@]2(C(=O)O)C[C@@H]3OC(C)(C)O[C@H]4C[C@H]5C(C)(C)C(c6ccc(C(=O)OC)cc6)=CC[C@]5(C)[C@H]5CC[C@H]([C@@H]12)[C@]3(C)[C@]45C. The lowest BCUT2D eigenvalue weighted by Crippen LogP contribution is -2.72. The molecule has 4 saturated carbocycles. The normalized spacial score (nSPS) is 46.5. The van der Waals surface area contributed by atoms with E-state index in [-0.39, 0.29) is 45.8 Å². The van der Waals surface area contributed by atoms with Crippen molar-refractivity contribution in [2.45, 2.75) is 125 Å². The topological polar surface area (TPSA) is 82.1 Å². The van der Waals surface area contributed by atoms with Gasteiger partial charge in [0.1, 0.15) is 0 Å². The van der Waals surface area contributed by atoms with Crippen LogP contribution in [0.25, 0.3) is 5.57 Å². The first-order valence-electron chi connectivity index (χ1n) is 18.0. The molecule has 0 spiro atoms. The molecular weight excluding hydrogens is 576 g/mol. The maximum atomic E-state index is 13.3. The molecule has 6 heteroatoms. The fourth-order valence-corrected chi connectivity index (χ4v) is 13.6. The minimum absolute atomic E-state index is 0.00232. The highest BCUT2D eigenvalue weighted by molar-refractivity contribution is 5.90. The minimum atomic E-state index is -0.808. The molecule has 5 aliphatic carbocycles. The molecule has 252 valence electrons. The first kappa shape index (κ1) is 32.4. The number of carbonyl (C=O) groups excluding carboxylic acids is 1. The van der Waals surface area contributed by atoms with E-state index in [0.29, 0.717) is 35.7 Å². The van der Waals surface area contributed by atoms with Crippen molar-refractivity contribution in [3.05, 3.63) is 41.5 Å². The quantitative estimate of drug-likeness (QED) is 0.334. The molecule has 6 nitrogen and oxygen atoms in total. The van der Waals surface area contributed by atoms with Gasteiger partial charge in [-0.2, -0.15) is 0 Å². The van der Waals surface area contributed by atoms with Gasteiger partial charge >= 0.3 is 11.9 Å². The second-order valence-corrected chi connectivity index (χ2v) is 17.7. The Morgan fingerprint density at radius 1 is 0.913 bits per heavy atom. The summed E-state index contributed by atoms with van der Waals surface area (Å²) in [5.41, 5.74) is 1.96. The van der Waals surface area contributed by atoms with Gasteiger partial charge in [-0.05, 0) is 122 Å². The summed E-state index contributed by atoms with van der Waals surface area (Å²) in [6.07, 6.45) is 9.87. The Morgan fingerprint density at radius 3 is 2.22 bits per heavy atom. The van der Waals surface area contributed by atoms with Crippen molar-refractivity contribution in [2.75, 3.05) is 7.11 Å². The number of aliphatic carboxylic acids is 1. The Kier molecular flexibility index (Phi) is 7.16. The van der Waals surface area contributed by atoms with Crippen molar-refractivity contribution in [3.63, 3.8) is 0 Å². The van der Waals surface area contributed by atoms with Gasteiger partial charge in [-0.3, -0.25) is 4.79 Å². The number of carboxylic acid groups (broad SMARTS) is 1. The summed E-state index contributed by atoms with van der Waals surface area (Å²) in [7, 11) is 1.42. The molecule has 1 aromatic carbocycles. The molecule has 0 aromatic heterocycles. The molecule has 1 saturated heterocycles. The third kappa shape index (κ3) is 3.95. The lowest BCUT2D eigenvalue weighted by atomic mass is 9.31. The van der Waals surface area contributed by atoms with E-state index in [1.807, 2.05) is 12.1 Å². The van der Waals surface area contributed by atoms with Gasteiger partial charge in [-0.25, -0.2) is 4.79 Å². The second-order valence-electron chi connectivity index (χ2n) is 17.7. The van der Waals surface area contributed by atoms with Crippen LogP contribution in [0.15, 0.2) is 30.3 Å². The standard InChI is InChI=1S/C40H56O6/c1-10-23-17-20-40(34(42)43)22-31-38(7)27(32(23)40)15-16-28-37(6)19-18-26(24-11-13-25(14-12-24)33(41)44-9)35(2,3)29(37)21-30(39(28,38)8)45-36(4,5)46-31/h11-14,18,23,27-32H,10,15-17,19-22H2,1-9H3,(H,42,43)/t23-,27-,28-,29+,30+,31+,32-,37-,38+,39+,40+/m1/s1. The number of ether oxygens (including phenoxy) is 3. The summed E-state index contributed by atoms with van der Waals surface area (Å²) in [6.45, 7) is 18.8. The van der Waals surface area contributed by atoms with Crippen LogP contribution in [0.4, 0.5) is 0 Å². The third-order valence-corrected chi connectivity index (χ3v) is 15.6. The number of hydrogen-bond acceptors (Lipinski definition) is 5. The largest absolute Gasteiger partial charge is 0.481 e. The number of fused-ring (bicyclic) bond motifs is 4. The summed E-state index contributed by atoms with van der Waals surface area (Å²) < 4.78 is 19.3. The molecule has 6 aliphatic rings. The van der Waals surface area contributed by atoms with Crippen LogP contribution in [0.3, 0.4) is 0 Å². The van der Waals surface area contributed by atoms with Gasteiger partial charge in [0, 0.05) is 10.8 Å². The number of carbonyl (C=O) groups is 2. The van der Waals surface area contributed by atoms with Crippen molar-refractivity contribution in [1.82, 2.24) is 0 Å². The van der Waals surface area contributed by atoms with Gasteiger partial charge in [0.15, 0.2) is 5.79 Å². The predicted molar refractivity (Wildman–Crippen MR) is 178 cm³/mol. The van der Waals surface area contributed by atoms with Crippen molar-refractivity contribution in [2.24, 2.45) is 56.7 Å². The van der Waals surface area contributed by atoms with Crippen LogP contribution in [-0.4, -0.2) is 42.1 Å². The van der Waals surface area contributed by atoms with Crippen molar-refractivity contribution in [1.29, 1.82) is 0 Å². The number of benzene rings is 1. The predicted octanol–water partition coefficient (Wildman–Crippen LogP) is 8.78. The average molecular weight is 633 g/mol. The van der Waals surface area contributed by atoms with Crippen molar-refractivity contribution >= 4 is 17.5 Å². The maximum absolute atomic E-state index is 13.3. The molecule has 46 heavy (non-hydrogen) atoms. The zero-order valence-electron chi connectivity index (χ0n) is 29.6. The third-order valence-electron chi connectivity index (χ3n) is 15.6. The molecule has 1 N–H and O–H groups in total. The summed E-state index contributed by atoms with van der Waals surface area (Å²) in [4.78, 5) is 25.5. The van der Waals surface area contributed by atoms with Gasteiger partial charge in [-0.15, -0.1) is 0 Å². The molecule has 1 aliphatic heterocycles. The monoisotopic (exact) mass is 632 g/mol. The van der Waals surface area contributed by atoms with Crippen molar-refractivity contribution in [3.8, 4) is 0 Å². The zero-order chi connectivity index (χ0) is 33.2. The maximum Gasteiger partial charge on any atom is 0.337 e. The van der Waals surface area contributed by atoms with E-state index in [4.69, 9.17) is 14.2 Å². The number of esters is 1. The minimum Gasteiger partial charge on any atom is -0.481 e. The van der Waals surface area contributed by atoms with Crippen LogP contribution in [0.2, 0.25) is 0 Å².